The van der Waals surface area contributed by atoms with Gasteiger partial charge in [0.2, 0.25) is 0 Å². The van der Waals surface area contributed by atoms with Crippen molar-refractivity contribution < 1.29 is 4.74 Å². The monoisotopic (exact) mass is 805 g/mol. The first kappa shape index (κ1) is 34.9. The molecule has 0 aliphatic carbocycles. The Morgan fingerprint density at radius 1 is 0.397 bits per heavy atom. The van der Waals surface area contributed by atoms with Crippen LogP contribution in [0.15, 0.2) is 188 Å². The van der Waals surface area contributed by atoms with Crippen molar-refractivity contribution >= 4 is 88.5 Å². The Labute approximate surface area is 364 Å². The quantitative estimate of drug-likeness (QED) is 0.163. The molecule has 0 fully saturated rings. The maximum absolute atomic E-state index is 7.17. The minimum atomic E-state index is -0.108. The van der Waals surface area contributed by atoms with E-state index in [-0.39, 0.29) is 12.1 Å². The van der Waals surface area contributed by atoms with Gasteiger partial charge in [-0.3, -0.25) is 0 Å². The summed E-state index contributed by atoms with van der Waals surface area (Å²) in [6.07, 6.45) is 0. The van der Waals surface area contributed by atoms with Crippen LogP contribution in [0, 0.1) is 0 Å². The molecule has 2 aliphatic heterocycles. The van der Waals surface area contributed by atoms with Crippen molar-refractivity contribution in [1.29, 1.82) is 0 Å². The lowest BCUT2D eigenvalue weighted by molar-refractivity contribution is 0.483. The first-order valence-electron chi connectivity index (χ1n) is 22.0. The molecule has 3 aromatic heterocycles. The van der Waals surface area contributed by atoms with E-state index in [1.54, 1.807) is 0 Å². The molecule has 14 rings (SSSR count). The van der Waals surface area contributed by atoms with Crippen molar-refractivity contribution in [2.24, 2.45) is 0 Å². The molecule has 0 saturated heterocycles. The van der Waals surface area contributed by atoms with Crippen LogP contribution in [0.3, 0.4) is 0 Å². The van der Waals surface area contributed by atoms with Gasteiger partial charge < -0.3 is 18.4 Å². The van der Waals surface area contributed by atoms with Crippen LogP contribution < -0.4 is 21.1 Å². The summed E-state index contributed by atoms with van der Waals surface area (Å²) in [5, 5.41) is 7.49. The second kappa shape index (κ2) is 12.4. The molecule has 4 nitrogen and oxygen atoms in total. The minimum Gasteiger partial charge on any atom is -0.458 e. The van der Waals surface area contributed by atoms with Crippen LogP contribution in [0.5, 0.6) is 11.5 Å². The molecular weight excluding hydrogens is 765 g/mol. The van der Waals surface area contributed by atoms with Gasteiger partial charge in [0.25, 0.3) is 6.71 Å². The average Bonchev–Trinajstić information content (AvgIpc) is 3.96. The van der Waals surface area contributed by atoms with E-state index in [2.05, 4.69) is 223 Å². The van der Waals surface area contributed by atoms with Gasteiger partial charge in [0.1, 0.15) is 11.5 Å². The standard InChI is InChI=1S/C58H40BN3O/c1-58(2,3)37-30-53-56-55(31-37)63-54-29-36(35-15-5-4-6-16-35)25-27-46(54)59(56)47-34-39(61-50-23-13-9-19-42(50)43-20-10-14-24-51(43)61)33-45-44-32-38(26-28-52(44)62(53)57(45)47)60-48-21-11-7-17-40(48)41-18-8-12-22-49(41)60/h4-34H,1-3H3. The van der Waals surface area contributed by atoms with Crippen LogP contribution in [0.2, 0.25) is 0 Å². The third-order valence-corrected chi connectivity index (χ3v) is 14.0. The highest BCUT2D eigenvalue weighted by Crippen LogP contribution is 2.43. The van der Waals surface area contributed by atoms with Crippen molar-refractivity contribution in [3.63, 3.8) is 0 Å². The van der Waals surface area contributed by atoms with E-state index in [0.29, 0.717) is 0 Å². The molecule has 0 amide bonds. The summed E-state index contributed by atoms with van der Waals surface area (Å²) in [7, 11) is 0. The van der Waals surface area contributed by atoms with E-state index in [4.69, 9.17) is 4.74 Å². The molecule has 0 bridgehead atoms. The Balaban J connectivity index is 1.13. The van der Waals surface area contributed by atoms with Crippen LogP contribution >= 0.6 is 0 Å². The minimum absolute atomic E-state index is 0.0539. The summed E-state index contributed by atoms with van der Waals surface area (Å²) in [6, 6.07) is 69.6. The maximum atomic E-state index is 7.17. The van der Waals surface area contributed by atoms with Crippen molar-refractivity contribution in [3.05, 3.63) is 194 Å². The van der Waals surface area contributed by atoms with Gasteiger partial charge in [0, 0.05) is 54.9 Å². The zero-order valence-corrected chi connectivity index (χ0v) is 35.2. The molecule has 12 aromatic rings. The van der Waals surface area contributed by atoms with Crippen molar-refractivity contribution in [2.75, 3.05) is 0 Å². The van der Waals surface area contributed by atoms with Crippen LogP contribution in [0.4, 0.5) is 0 Å². The highest BCUT2D eigenvalue weighted by atomic mass is 16.5. The summed E-state index contributed by atoms with van der Waals surface area (Å²) in [5.74, 6) is 1.85. The number of hydrogen-bond donors (Lipinski definition) is 0. The number of ether oxygens (including phenoxy) is 1. The molecule has 0 atom stereocenters. The molecular formula is C58H40BN3O. The second-order valence-electron chi connectivity index (χ2n) is 18.5. The molecule has 63 heavy (non-hydrogen) atoms. The van der Waals surface area contributed by atoms with Gasteiger partial charge in [-0.2, -0.15) is 0 Å². The van der Waals surface area contributed by atoms with Crippen LogP contribution in [-0.4, -0.2) is 20.4 Å². The second-order valence-corrected chi connectivity index (χ2v) is 18.5. The van der Waals surface area contributed by atoms with E-state index in [9.17, 15) is 0 Å². The first-order valence-corrected chi connectivity index (χ1v) is 22.0. The third kappa shape index (κ3) is 4.77. The van der Waals surface area contributed by atoms with Gasteiger partial charge in [-0.05, 0) is 111 Å². The fraction of sp³-hybridized carbons (Fsp3) is 0.0690. The van der Waals surface area contributed by atoms with Crippen LogP contribution in [-0.2, 0) is 5.41 Å². The fourth-order valence-corrected chi connectivity index (χ4v) is 11.2. The predicted molar refractivity (Wildman–Crippen MR) is 265 cm³/mol. The molecule has 9 aromatic carbocycles. The van der Waals surface area contributed by atoms with Crippen molar-refractivity contribution in [3.8, 4) is 39.7 Å². The van der Waals surface area contributed by atoms with E-state index in [0.717, 1.165) is 28.4 Å². The number of aromatic nitrogens is 3. The third-order valence-electron chi connectivity index (χ3n) is 14.0. The summed E-state index contributed by atoms with van der Waals surface area (Å²) in [4.78, 5) is 0. The first-order chi connectivity index (χ1) is 30.9. The zero-order chi connectivity index (χ0) is 41.7. The smallest absolute Gasteiger partial charge is 0.256 e. The lowest BCUT2D eigenvalue weighted by Gasteiger charge is -2.35. The van der Waals surface area contributed by atoms with Gasteiger partial charge in [-0.25, -0.2) is 0 Å². The summed E-state index contributed by atoms with van der Waals surface area (Å²) in [5.41, 5.74) is 17.9. The van der Waals surface area contributed by atoms with Crippen LogP contribution in [0.1, 0.15) is 26.3 Å². The van der Waals surface area contributed by atoms with Gasteiger partial charge in [0.05, 0.1) is 27.6 Å². The lowest BCUT2D eigenvalue weighted by atomic mass is 9.34. The van der Waals surface area contributed by atoms with E-state index in [1.807, 2.05) is 0 Å². The zero-order valence-electron chi connectivity index (χ0n) is 35.2. The van der Waals surface area contributed by atoms with Gasteiger partial charge in [0.15, 0.2) is 0 Å². The van der Waals surface area contributed by atoms with Gasteiger partial charge in [-0.15, -0.1) is 0 Å². The molecule has 0 spiro atoms. The molecule has 5 heteroatoms. The van der Waals surface area contributed by atoms with E-state index < -0.39 is 0 Å². The van der Waals surface area contributed by atoms with Crippen LogP contribution in [0.25, 0.3) is 93.6 Å². The number of fused-ring (bicyclic) bond motifs is 13. The molecule has 296 valence electrons. The number of para-hydroxylation sites is 4. The number of nitrogens with zero attached hydrogens (tertiary/aromatic N) is 3. The average molecular weight is 806 g/mol. The molecule has 0 saturated carbocycles. The topological polar surface area (TPSA) is 24.0 Å². The Morgan fingerprint density at radius 2 is 0.952 bits per heavy atom. The largest absolute Gasteiger partial charge is 0.458 e. The number of hydrogen-bond acceptors (Lipinski definition) is 1. The molecule has 0 N–H and O–H groups in total. The molecule has 2 aliphatic rings. The Morgan fingerprint density at radius 3 is 1.57 bits per heavy atom. The van der Waals surface area contributed by atoms with Gasteiger partial charge >= 0.3 is 0 Å². The Hall–Kier alpha value is -7.76. The van der Waals surface area contributed by atoms with Gasteiger partial charge in [-0.1, -0.05) is 136 Å². The fourth-order valence-electron chi connectivity index (χ4n) is 11.2. The highest BCUT2D eigenvalue weighted by molar-refractivity contribution is 6.99. The predicted octanol–water partition coefficient (Wildman–Crippen LogP) is 12.9. The maximum Gasteiger partial charge on any atom is 0.256 e. The normalized spacial score (nSPS) is 13.1. The van der Waals surface area contributed by atoms with Crippen molar-refractivity contribution in [1.82, 2.24) is 13.7 Å². The number of rotatable bonds is 3. The Kier molecular flexibility index (Phi) is 6.88. The van der Waals surface area contributed by atoms with Crippen molar-refractivity contribution in [2.45, 2.75) is 26.2 Å². The summed E-state index contributed by atoms with van der Waals surface area (Å²) >= 11 is 0. The Bertz CT molecular complexity index is 3830. The van der Waals surface area contributed by atoms with E-state index >= 15 is 0 Å². The number of benzene rings is 9. The molecule has 5 heterocycles. The summed E-state index contributed by atoms with van der Waals surface area (Å²) in [6.45, 7) is 6.86. The highest BCUT2D eigenvalue weighted by Gasteiger charge is 2.42. The lowest BCUT2D eigenvalue weighted by Crippen LogP contribution is -2.58. The molecule has 0 unspecified atom stereocenters. The van der Waals surface area contributed by atoms with E-state index in [1.165, 1.54) is 98.6 Å². The SMILES string of the molecule is CC(C)(C)c1cc2c3c(c1)-n1c4ccc(-n5c6ccccc6c6ccccc65)cc4c4cc(-n5c6ccccc6c6ccccc65)cc(c41)B3c1ccc(-c3ccccc3)cc1O2. The molecule has 0 radical (unpaired) electrons. The summed E-state index contributed by atoms with van der Waals surface area (Å²) < 4.78 is 14.7.